The van der Waals surface area contributed by atoms with E-state index in [9.17, 15) is 14.7 Å². The first-order valence-corrected chi connectivity index (χ1v) is 8.40. The number of amides is 1. The zero-order valence-corrected chi connectivity index (χ0v) is 13.6. The molecule has 0 saturated heterocycles. The van der Waals surface area contributed by atoms with Crippen LogP contribution in [0.25, 0.3) is 0 Å². The Morgan fingerprint density at radius 2 is 2.08 bits per heavy atom. The summed E-state index contributed by atoms with van der Waals surface area (Å²) < 4.78 is 6.04. The minimum absolute atomic E-state index is 0.0364. The van der Waals surface area contributed by atoms with Crippen molar-refractivity contribution in [2.75, 3.05) is 5.32 Å². The lowest BCUT2D eigenvalue weighted by molar-refractivity contribution is -0.142. The van der Waals surface area contributed by atoms with E-state index in [0.717, 1.165) is 17.5 Å². The maximum Gasteiger partial charge on any atom is 0.306 e. The summed E-state index contributed by atoms with van der Waals surface area (Å²) in [5.74, 6) is 0.802. The first kappa shape index (κ1) is 15.6. The second-order valence-corrected chi connectivity index (χ2v) is 6.49. The number of hydrogen-bond acceptors (Lipinski definition) is 4. The van der Waals surface area contributed by atoms with Gasteiger partial charge in [-0.05, 0) is 55.0 Å². The van der Waals surface area contributed by atoms with Crippen molar-refractivity contribution in [3.63, 3.8) is 0 Å². The third kappa shape index (κ3) is 3.07. The molecule has 128 valence electrons. The monoisotopic (exact) mass is 338 g/mol. The topological polar surface area (TPSA) is 88.5 Å². The molecular weight excluding hydrogens is 320 g/mol. The van der Waals surface area contributed by atoms with Crippen molar-refractivity contribution in [1.82, 2.24) is 4.98 Å². The Hall–Kier alpha value is -2.89. The number of carbonyl (C=O) groups is 2. The van der Waals surface area contributed by atoms with Crippen LogP contribution in [0.3, 0.4) is 0 Å². The van der Waals surface area contributed by atoms with Crippen molar-refractivity contribution in [3.05, 3.63) is 47.2 Å². The number of anilines is 1. The zero-order valence-electron chi connectivity index (χ0n) is 13.6. The maximum absolute atomic E-state index is 11.5. The first-order chi connectivity index (χ1) is 12.1. The molecule has 0 unspecified atom stereocenters. The van der Waals surface area contributed by atoms with Crippen molar-refractivity contribution < 1.29 is 19.4 Å². The van der Waals surface area contributed by atoms with E-state index in [4.69, 9.17) is 4.74 Å². The Kier molecular flexibility index (Phi) is 3.87. The van der Waals surface area contributed by atoms with Crippen LogP contribution in [-0.2, 0) is 28.9 Å². The molecule has 1 aromatic carbocycles. The molecular formula is C19H18N2O4. The zero-order chi connectivity index (χ0) is 17.4. The first-order valence-electron chi connectivity index (χ1n) is 8.40. The molecule has 4 rings (SSSR count). The number of pyridine rings is 1. The summed E-state index contributed by atoms with van der Waals surface area (Å²) in [5.41, 5.74) is 3.12. The van der Waals surface area contributed by atoms with Crippen LogP contribution < -0.4 is 10.1 Å². The summed E-state index contributed by atoms with van der Waals surface area (Å²) in [6.07, 6.45) is 4.62. The Morgan fingerprint density at radius 1 is 1.20 bits per heavy atom. The van der Waals surface area contributed by atoms with E-state index in [2.05, 4.69) is 10.3 Å². The quantitative estimate of drug-likeness (QED) is 0.898. The van der Waals surface area contributed by atoms with Gasteiger partial charge in [-0.2, -0.15) is 0 Å². The Bertz CT molecular complexity index is 862. The van der Waals surface area contributed by atoms with Gasteiger partial charge in [-0.15, -0.1) is 0 Å². The molecule has 1 aromatic heterocycles. The van der Waals surface area contributed by atoms with Crippen molar-refractivity contribution in [3.8, 4) is 11.5 Å². The molecule has 2 aliphatic rings. The second-order valence-electron chi connectivity index (χ2n) is 6.49. The van der Waals surface area contributed by atoms with Crippen molar-refractivity contribution in [2.45, 2.75) is 32.1 Å². The van der Waals surface area contributed by atoms with Gasteiger partial charge in [-0.3, -0.25) is 9.59 Å². The lowest BCUT2D eigenvalue weighted by Crippen LogP contribution is -2.22. The summed E-state index contributed by atoms with van der Waals surface area (Å²) in [5, 5.41) is 12.0. The highest BCUT2D eigenvalue weighted by atomic mass is 16.5. The molecule has 0 saturated carbocycles. The number of carbonyl (C=O) groups excluding carboxylic acids is 1. The molecule has 1 atom stereocenters. The van der Waals surface area contributed by atoms with Crippen LogP contribution in [0.1, 0.15) is 29.5 Å². The fraction of sp³-hybridized carbons (Fsp3) is 0.316. The number of aliphatic carboxylic acids is 1. The SMILES string of the molecule is O=C1CCc2c(Oc3ccc4c(c3)C[C@@H](C(=O)O)CC4)ccnc2N1. The van der Waals surface area contributed by atoms with Crippen LogP contribution in [0.4, 0.5) is 5.82 Å². The lowest BCUT2D eigenvalue weighted by atomic mass is 9.84. The average Bonchev–Trinajstić information content (AvgIpc) is 2.61. The molecule has 25 heavy (non-hydrogen) atoms. The largest absolute Gasteiger partial charge is 0.481 e. The van der Waals surface area contributed by atoms with Gasteiger partial charge in [-0.25, -0.2) is 4.98 Å². The van der Waals surface area contributed by atoms with E-state index in [1.165, 1.54) is 5.56 Å². The number of aromatic nitrogens is 1. The molecule has 0 spiro atoms. The molecule has 1 amide bonds. The number of rotatable bonds is 3. The third-order valence-corrected chi connectivity index (χ3v) is 4.86. The maximum atomic E-state index is 11.5. The Morgan fingerprint density at radius 3 is 2.92 bits per heavy atom. The van der Waals surface area contributed by atoms with Crippen LogP contribution in [-0.4, -0.2) is 22.0 Å². The Balaban J connectivity index is 1.60. The molecule has 0 fully saturated rings. The van der Waals surface area contributed by atoms with Crippen LogP contribution in [0.2, 0.25) is 0 Å². The minimum atomic E-state index is -0.740. The van der Waals surface area contributed by atoms with Gasteiger partial charge in [0.05, 0.1) is 5.92 Å². The number of ether oxygens (including phenoxy) is 1. The van der Waals surface area contributed by atoms with Gasteiger partial charge in [0.25, 0.3) is 0 Å². The molecule has 2 N–H and O–H groups in total. The molecule has 0 bridgehead atoms. The molecule has 0 radical (unpaired) electrons. The van der Waals surface area contributed by atoms with E-state index in [1.807, 2.05) is 18.2 Å². The Labute approximate surface area is 144 Å². The predicted molar refractivity (Wildman–Crippen MR) is 90.9 cm³/mol. The van der Waals surface area contributed by atoms with Crippen molar-refractivity contribution >= 4 is 17.7 Å². The third-order valence-electron chi connectivity index (χ3n) is 4.86. The van der Waals surface area contributed by atoms with E-state index >= 15 is 0 Å². The van der Waals surface area contributed by atoms with Gasteiger partial charge in [0.2, 0.25) is 5.91 Å². The summed E-state index contributed by atoms with van der Waals surface area (Å²) in [6.45, 7) is 0. The predicted octanol–water partition coefficient (Wildman–Crippen LogP) is 2.95. The van der Waals surface area contributed by atoms with Crippen molar-refractivity contribution in [2.24, 2.45) is 5.92 Å². The van der Waals surface area contributed by atoms with Crippen LogP contribution >= 0.6 is 0 Å². The van der Waals surface area contributed by atoms with E-state index in [-0.39, 0.29) is 11.8 Å². The van der Waals surface area contributed by atoms with Crippen LogP contribution in [0.15, 0.2) is 30.5 Å². The second kappa shape index (κ2) is 6.20. The van der Waals surface area contributed by atoms with Gasteiger partial charge >= 0.3 is 5.97 Å². The number of carboxylic acid groups (broad SMARTS) is 1. The standard InChI is InChI=1S/C19H18N2O4/c22-17-6-5-15-16(7-8-20-18(15)21-17)25-14-4-3-11-1-2-12(19(23)24)9-13(11)10-14/h3-4,7-8,10,12H,1-2,5-6,9H2,(H,23,24)(H,20,21,22)/t12-/m0/s1. The van der Waals surface area contributed by atoms with Gasteiger partial charge in [0, 0.05) is 18.2 Å². The fourth-order valence-corrected chi connectivity index (χ4v) is 3.49. The van der Waals surface area contributed by atoms with Crippen LogP contribution in [0.5, 0.6) is 11.5 Å². The lowest BCUT2D eigenvalue weighted by Gasteiger charge is -2.23. The van der Waals surface area contributed by atoms with Crippen molar-refractivity contribution in [1.29, 1.82) is 0 Å². The van der Waals surface area contributed by atoms with Gasteiger partial charge in [0.1, 0.15) is 17.3 Å². The highest BCUT2D eigenvalue weighted by Crippen LogP contribution is 2.34. The van der Waals surface area contributed by atoms with Gasteiger partial charge in [-0.1, -0.05) is 6.07 Å². The van der Waals surface area contributed by atoms with Gasteiger partial charge in [0.15, 0.2) is 0 Å². The highest BCUT2D eigenvalue weighted by molar-refractivity contribution is 5.93. The van der Waals surface area contributed by atoms with E-state index in [0.29, 0.717) is 43.0 Å². The molecule has 2 aromatic rings. The summed E-state index contributed by atoms with van der Waals surface area (Å²) in [7, 11) is 0. The molecule has 1 aliphatic heterocycles. The van der Waals surface area contributed by atoms with Crippen LogP contribution in [0, 0.1) is 5.92 Å². The minimum Gasteiger partial charge on any atom is -0.481 e. The number of nitrogens with one attached hydrogen (secondary N) is 1. The number of carboxylic acids is 1. The summed E-state index contributed by atoms with van der Waals surface area (Å²) >= 11 is 0. The summed E-state index contributed by atoms with van der Waals surface area (Å²) in [6, 6.07) is 7.64. The van der Waals surface area contributed by atoms with Gasteiger partial charge < -0.3 is 15.2 Å². The number of aryl methyl sites for hydroxylation is 1. The van der Waals surface area contributed by atoms with E-state index < -0.39 is 5.97 Å². The number of nitrogens with zero attached hydrogens (tertiary/aromatic N) is 1. The highest BCUT2D eigenvalue weighted by Gasteiger charge is 2.25. The molecule has 6 heteroatoms. The molecule has 6 nitrogen and oxygen atoms in total. The number of hydrogen-bond donors (Lipinski definition) is 2. The normalized spacial score (nSPS) is 18.7. The molecule has 2 heterocycles. The van der Waals surface area contributed by atoms with E-state index in [1.54, 1.807) is 12.3 Å². The number of fused-ring (bicyclic) bond motifs is 2. The molecule has 1 aliphatic carbocycles. The summed E-state index contributed by atoms with van der Waals surface area (Å²) in [4.78, 5) is 27.0. The smallest absolute Gasteiger partial charge is 0.306 e. The average molecular weight is 338 g/mol. The number of benzene rings is 1. The fourth-order valence-electron chi connectivity index (χ4n) is 3.49.